The number of hydrogen-bond acceptors (Lipinski definition) is 5. The summed E-state index contributed by atoms with van der Waals surface area (Å²) in [6, 6.07) is 19.1. The summed E-state index contributed by atoms with van der Waals surface area (Å²) in [5.41, 5.74) is 0.787. The highest BCUT2D eigenvalue weighted by atomic mass is 32.2. The number of hydrogen-bond donors (Lipinski definition) is 1. The van der Waals surface area contributed by atoms with E-state index in [4.69, 9.17) is 4.74 Å². The minimum absolute atomic E-state index is 0.0446. The second-order valence-electron chi connectivity index (χ2n) is 6.34. The molecule has 0 radical (unpaired) electrons. The number of nitrogens with zero attached hydrogens (tertiary/aromatic N) is 3. The zero-order valence-electron chi connectivity index (χ0n) is 16.2. The molecular formula is C21H24N4O2S. The van der Waals surface area contributed by atoms with Crippen molar-refractivity contribution >= 4 is 23.4 Å². The molecule has 3 aromatic rings. The van der Waals surface area contributed by atoms with E-state index in [-0.39, 0.29) is 17.3 Å². The van der Waals surface area contributed by atoms with Crippen molar-refractivity contribution in [3.63, 3.8) is 0 Å². The van der Waals surface area contributed by atoms with Crippen molar-refractivity contribution in [2.45, 2.75) is 36.8 Å². The number of amides is 1. The average Bonchev–Trinajstić information content (AvgIpc) is 3.08. The smallest absolute Gasteiger partial charge is 0.237 e. The molecule has 2 aromatic carbocycles. The van der Waals surface area contributed by atoms with Gasteiger partial charge in [0, 0.05) is 12.7 Å². The highest BCUT2D eigenvalue weighted by Crippen LogP contribution is 2.28. The Hall–Kier alpha value is -2.80. The van der Waals surface area contributed by atoms with Gasteiger partial charge in [-0.3, -0.25) is 4.79 Å². The van der Waals surface area contributed by atoms with E-state index in [2.05, 4.69) is 15.5 Å². The lowest BCUT2D eigenvalue weighted by Crippen LogP contribution is -2.25. The fourth-order valence-electron chi connectivity index (χ4n) is 2.73. The zero-order valence-corrected chi connectivity index (χ0v) is 17.0. The highest BCUT2D eigenvalue weighted by molar-refractivity contribution is 8.00. The van der Waals surface area contributed by atoms with Gasteiger partial charge in [-0.1, -0.05) is 55.1 Å². The summed E-state index contributed by atoms with van der Waals surface area (Å²) >= 11 is 1.41. The first-order valence-corrected chi connectivity index (χ1v) is 10.1. The third-order valence-corrected chi connectivity index (χ3v) is 5.64. The van der Waals surface area contributed by atoms with Crippen LogP contribution in [0.1, 0.15) is 32.2 Å². The van der Waals surface area contributed by atoms with Crippen molar-refractivity contribution in [2.24, 2.45) is 7.05 Å². The van der Waals surface area contributed by atoms with Crippen LogP contribution in [-0.4, -0.2) is 25.9 Å². The second-order valence-corrected chi connectivity index (χ2v) is 7.51. The van der Waals surface area contributed by atoms with E-state index in [1.54, 1.807) is 0 Å². The van der Waals surface area contributed by atoms with E-state index < -0.39 is 0 Å². The summed E-state index contributed by atoms with van der Waals surface area (Å²) in [4.78, 5) is 12.6. The summed E-state index contributed by atoms with van der Waals surface area (Å²) in [6.45, 7) is 3.92. The first-order chi connectivity index (χ1) is 13.6. The van der Waals surface area contributed by atoms with Crippen LogP contribution in [-0.2, 0) is 11.8 Å². The molecule has 0 aliphatic heterocycles. The number of para-hydroxylation sites is 2. The van der Waals surface area contributed by atoms with E-state index >= 15 is 0 Å². The summed E-state index contributed by atoms with van der Waals surface area (Å²) in [6.07, 6.45) is 0.425. The van der Waals surface area contributed by atoms with Crippen LogP contribution in [0.2, 0.25) is 0 Å². The first-order valence-electron chi connectivity index (χ1n) is 9.22. The van der Waals surface area contributed by atoms with Crippen LogP contribution in [0.25, 0.3) is 0 Å². The molecule has 0 spiro atoms. The van der Waals surface area contributed by atoms with E-state index in [1.165, 1.54) is 11.8 Å². The Morgan fingerprint density at radius 1 is 1.11 bits per heavy atom. The van der Waals surface area contributed by atoms with Crippen LogP contribution in [0.15, 0.2) is 65.8 Å². The maximum atomic E-state index is 12.6. The predicted octanol–water partition coefficient (Wildman–Crippen LogP) is 4.46. The normalized spacial score (nSPS) is 13.0. The van der Waals surface area contributed by atoms with Crippen LogP contribution in [0.4, 0.5) is 5.69 Å². The van der Waals surface area contributed by atoms with Crippen LogP contribution in [0.3, 0.4) is 0 Å². The maximum Gasteiger partial charge on any atom is 0.237 e. The summed E-state index contributed by atoms with van der Waals surface area (Å²) in [5.74, 6) is 1.45. The van der Waals surface area contributed by atoms with Crippen molar-refractivity contribution in [3.05, 3.63) is 66.5 Å². The quantitative estimate of drug-likeness (QED) is 0.569. The van der Waals surface area contributed by atoms with E-state index in [0.29, 0.717) is 17.4 Å². The minimum Gasteiger partial charge on any atom is -0.483 e. The van der Waals surface area contributed by atoms with Gasteiger partial charge in [-0.15, -0.1) is 10.2 Å². The predicted molar refractivity (Wildman–Crippen MR) is 111 cm³/mol. The van der Waals surface area contributed by atoms with Crippen molar-refractivity contribution < 1.29 is 9.53 Å². The van der Waals surface area contributed by atoms with Gasteiger partial charge in [-0.25, -0.2) is 0 Å². The molecule has 7 heteroatoms. The number of carbonyl (C=O) groups excluding carboxylic acids is 1. The van der Waals surface area contributed by atoms with Gasteiger partial charge >= 0.3 is 0 Å². The second kappa shape index (κ2) is 9.41. The van der Waals surface area contributed by atoms with E-state index in [1.807, 2.05) is 86.1 Å². The number of nitrogens with one attached hydrogen (secondary N) is 1. The Kier molecular flexibility index (Phi) is 6.71. The number of benzene rings is 2. The third kappa shape index (κ3) is 4.92. The maximum absolute atomic E-state index is 12.6. The number of rotatable bonds is 8. The molecule has 1 amide bonds. The third-order valence-electron chi connectivity index (χ3n) is 4.24. The molecule has 0 saturated carbocycles. The molecule has 0 aliphatic rings. The first kappa shape index (κ1) is 19.9. The SMILES string of the molecule is CC[C@@H](Sc1nnc([C@H](C)Oc2ccccc2)n1C)C(=O)Nc1ccccc1. The molecule has 1 N–H and O–H groups in total. The standard InChI is InChI=1S/C21H24N4O2S/c1-4-18(20(26)22-16-11-7-5-8-12-16)28-21-24-23-19(25(21)3)15(2)27-17-13-9-6-10-14-17/h5-15,18H,4H2,1-3H3,(H,22,26)/t15-,18+/m0/s1. The molecule has 1 aromatic heterocycles. The van der Waals surface area contributed by atoms with Crippen molar-refractivity contribution in [3.8, 4) is 5.75 Å². The molecule has 0 saturated heterocycles. The molecule has 2 atom stereocenters. The van der Waals surface area contributed by atoms with Gasteiger partial charge in [0.05, 0.1) is 5.25 Å². The fourth-order valence-corrected chi connectivity index (χ4v) is 3.66. The van der Waals surface area contributed by atoms with E-state index in [0.717, 1.165) is 11.4 Å². The van der Waals surface area contributed by atoms with E-state index in [9.17, 15) is 4.79 Å². The Bertz CT molecular complexity index is 899. The Balaban J connectivity index is 1.67. The molecule has 28 heavy (non-hydrogen) atoms. The summed E-state index contributed by atoms with van der Waals surface area (Å²) < 4.78 is 7.83. The molecule has 0 fully saturated rings. The topological polar surface area (TPSA) is 69.0 Å². The molecule has 1 heterocycles. The zero-order chi connectivity index (χ0) is 19.9. The molecule has 0 bridgehead atoms. The molecule has 0 aliphatic carbocycles. The lowest BCUT2D eigenvalue weighted by atomic mass is 10.3. The highest BCUT2D eigenvalue weighted by Gasteiger charge is 2.23. The largest absolute Gasteiger partial charge is 0.483 e. The van der Waals surface area contributed by atoms with Crippen molar-refractivity contribution in [1.29, 1.82) is 0 Å². The van der Waals surface area contributed by atoms with Crippen LogP contribution in [0.5, 0.6) is 5.75 Å². The van der Waals surface area contributed by atoms with Gasteiger partial charge in [0.2, 0.25) is 5.91 Å². The molecule has 6 nitrogen and oxygen atoms in total. The van der Waals surface area contributed by atoms with Crippen LogP contribution < -0.4 is 10.1 Å². The summed E-state index contributed by atoms with van der Waals surface area (Å²) in [5, 5.41) is 11.9. The lowest BCUT2D eigenvalue weighted by molar-refractivity contribution is -0.115. The van der Waals surface area contributed by atoms with Crippen LogP contribution in [0, 0.1) is 0 Å². The van der Waals surface area contributed by atoms with Gasteiger partial charge in [0.1, 0.15) is 5.75 Å². The number of aromatic nitrogens is 3. The summed E-state index contributed by atoms with van der Waals surface area (Å²) in [7, 11) is 1.89. The van der Waals surface area contributed by atoms with Crippen molar-refractivity contribution in [1.82, 2.24) is 14.8 Å². The van der Waals surface area contributed by atoms with Crippen molar-refractivity contribution in [2.75, 3.05) is 5.32 Å². The molecule has 3 rings (SSSR count). The van der Waals surface area contributed by atoms with Gasteiger partial charge < -0.3 is 14.6 Å². The Morgan fingerprint density at radius 3 is 2.39 bits per heavy atom. The number of ether oxygens (including phenoxy) is 1. The Labute approximate surface area is 169 Å². The molecule has 146 valence electrons. The lowest BCUT2D eigenvalue weighted by Gasteiger charge is -2.16. The van der Waals surface area contributed by atoms with Crippen LogP contribution >= 0.6 is 11.8 Å². The van der Waals surface area contributed by atoms with Gasteiger partial charge in [0.25, 0.3) is 0 Å². The Morgan fingerprint density at radius 2 is 1.75 bits per heavy atom. The van der Waals surface area contributed by atoms with Gasteiger partial charge in [0.15, 0.2) is 17.1 Å². The average molecular weight is 397 g/mol. The van der Waals surface area contributed by atoms with Gasteiger partial charge in [-0.2, -0.15) is 0 Å². The fraction of sp³-hybridized carbons (Fsp3) is 0.286. The number of anilines is 1. The number of carbonyl (C=O) groups is 1. The molecular weight excluding hydrogens is 372 g/mol. The molecule has 0 unspecified atom stereocenters. The number of thioether (sulfide) groups is 1. The monoisotopic (exact) mass is 396 g/mol. The van der Waals surface area contributed by atoms with Gasteiger partial charge in [-0.05, 0) is 37.6 Å². The minimum atomic E-state index is -0.263.